The summed E-state index contributed by atoms with van der Waals surface area (Å²) < 4.78 is 92.7. The summed E-state index contributed by atoms with van der Waals surface area (Å²) in [7, 11) is 1.76. The predicted molar refractivity (Wildman–Crippen MR) is 161 cm³/mol. The van der Waals surface area contributed by atoms with E-state index < -0.39 is 62.8 Å². The van der Waals surface area contributed by atoms with E-state index in [2.05, 4.69) is 15.0 Å². The van der Waals surface area contributed by atoms with Crippen LogP contribution in [0.15, 0.2) is 12.1 Å². The first-order valence-corrected chi connectivity index (χ1v) is 15.9. The third kappa shape index (κ3) is 4.78. The van der Waals surface area contributed by atoms with Crippen molar-refractivity contribution < 1.29 is 41.3 Å². The van der Waals surface area contributed by atoms with Gasteiger partial charge in [-0.05, 0) is 31.5 Å². The number of nitrogen functional groups attached to an aromatic ring is 1. The molecule has 2 atom stereocenters. The third-order valence-electron chi connectivity index (χ3n) is 10.5. The highest BCUT2D eigenvalue weighted by atomic mass is 35.5. The van der Waals surface area contributed by atoms with E-state index in [1.54, 1.807) is 7.05 Å². The Balaban J connectivity index is 1.34. The minimum Gasteiger partial charge on any atom is -0.470 e. The molecule has 252 valence electrons. The average molecular weight is 683 g/mol. The molecule has 5 aliphatic rings. The molecule has 1 aromatic carbocycles. The molecular weight excluding hydrogens is 651 g/mol. The summed E-state index contributed by atoms with van der Waals surface area (Å²) >= 11 is 6.04. The molecule has 0 unspecified atom stereocenters. The van der Waals surface area contributed by atoms with Crippen molar-refractivity contribution in [2.24, 2.45) is 0 Å². The quantitative estimate of drug-likeness (QED) is 0.290. The molecule has 0 radical (unpaired) electrons. The van der Waals surface area contributed by atoms with Gasteiger partial charge in [0.25, 0.3) is 0 Å². The second-order valence-electron chi connectivity index (χ2n) is 13.7. The number of fused-ring (bicyclic) bond motifs is 1. The Morgan fingerprint density at radius 3 is 2.62 bits per heavy atom. The minimum absolute atomic E-state index is 0.0294. The van der Waals surface area contributed by atoms with Crippen LogP contribution in [0.1, 0.15) is 44.1 Å². The van der Waals surface area contributed by atoms with Gasteiger partial charge in [0.1, 0.15) is 40.8 Å². The lowest BCUT2D eigenvalue weighted by Crippen LogP contribution is -2.68. The van der Waals surface area contributed by atoms with Crippen LogP contribution >= 0.6 is 11.6 Å². The number of anilines is 2. The molecule has 10 nitrogen and oxygen atoms in total. The van der Waals surface area contributed by atoms with E-state index in [0.29, 0.717) is 32.6 Å². The molecule has 0 amide bonds. The minimum atomic E-state index is -4.99. The fourth-order valence-corrected chi connectivity index (χ4v) is 8.59. The number of ether oxygens (including phenoxy) is 3. The van der Waals surface area contributed by atoms with Crippen LogP contribution in [0, 0.1) is 5.82 Å². The van der Waals surface area contributed by atoms with Gasteiger partial charge in [-0.1, -0.05) is 11.6 Å². The van der Waals surface area contributed by atoms with Crippen LogP contribution in [-0.4, -0.2) is 93.9 Å². The van der Waals surface area contributed by atoms with Gasteiger partial charge in [0.15, 0.2) is 5.82 Å². The van der Waals surface area contributed by atoms with Crippen molar-refractivity contribution in [1.29, 1.82) is 0 Å². The SMILES string of the molecule is CN1c2nc(OC[C@@]34CCCN3C[C@H](F)C4)nc3c(F)c(-c4cc(N)cc(Cl)c4C(F)(F)F)nc(c23)OC2(CC(O)C2)CC12COC2. The van der Waals surface area contributed by atoms with Crippen LogP contribution < -0.4 is 20.1 Å². The molecule has 1 aliphatic carbocycles. The lowest BCUT2D eigenvalue weighted by atomic mass is 9.68. The normalized spacial score (nSPS) is 29.7. The zero-order valence-corrected chi connectivity index (χ0v) is 26.1. The first-order valence-electron chi connectivity index (χ1n) is 15.5. The van der Waals surface area contributed by atoms with Gasteiger partial charge in [-0.15, -0.1) is 0 Å². The number of aromatic nitrogens is 3. The van der Waals surface area contributed by atoms with Crippen LogP contribution in [0.3, 0.4) is 0 Å². The molecule has 16 heteroatoms. The van der Waals surface area contributed by atoms with Crippen LogP contribution in [0.25, 0.3) is 22.2 Å². The molecular formula is C31H32ClF5N6O4. The van der Waals surface area contributed by atoms with E-state index in [1.165, 1.54) is 0 Å². The number of likely N-dealkylation sites (N-methyl/N-ethyl adjacent to an activating group) is 1. The van der Waals surface area contributed by atoms with Crippen molar-refractivity contribution in [1.82, 2.24) is 19.9 Å². The first kappa shape index (κ1) is 31.0. The number of pyridine rings is 1. The molecule has 0 bridgehead atoms. The smallest absolute Gasteiger partial charge is 0.418 e. The van der Waals surface area contributed by atoms with Crippen molar-refractivity contribution >= 4 is 34.0 Å². The maximum atomic E-state index is 16.8. The fourth-order valence-electron chi connectivity index (χ4n) is 8.26. The van der Waals surface area contributed by atoms with Crippen LogP contribution in [0.4, 0.5) is 33.5 Å². The third-order valence-corrected chi connectivity index (χ3v) is 10.8. The molecule has 4 fully saturated rings. The molecule has 3 saturated heterocycles. The first-order chi connectivity index (χ1) is 22.2. The highest BCUT2D eigenvalue weighted by Crippen LogP contribution is 2.52. The van der Waals surface area contributed by atoms with Gasteiger partial charge in [-0.3, -0.25) is 4.90 Å². The van der Waals surface area contributed by atoms with Gasteiger partial charge < -0.3 is 30.0 Å². The number of hydrogen-bond donors (Lipinski definition) is 2. The molecule has 8 rings (SSSR count). The standard InChI is InChI=1S/C31H32ClF5N6O4/c1-42-25-20-24(40-27(41-25)46-14-28-3-2-4-43(28)10-15(33)7-28)22(34)23(18-5-16(38)6-19(32)21(18)31(35,36)37)39-26(20)47-30(8-17(44)9-30)11-29(42)12-45-13-29/h5-6,15,17,44H,2-4,7-14,38H2,1H3/t15-,17?,28+,30?/m1/s1. The van der Waals surface area contributed by atoms with Crippen LogP contribution in [0.2, 0.25) is 5.02 Å². The molecule has 2 aromatic heterocycles. The number of alkyl halides is 4. The van der Waals surface area contributed by atoms with E-state index in [0.717, 1.165) is 25.1 Å². The summed E-state index contributed by atoms with van der Waals surface area (Å²) in [5.74, 6) is -1.20. The van der Waals surface area contributed by atoms with E-state index in [9.17, 15) is 22.7 Å². The van der Waals surface area contributed by atoms with Gasteiger partial charge in [0.05, 0.1) is 41.0 Å². The van der Waals surface area contributed by atoms with Gasteiger partial charge in [0.2, 0.25) is 5.88 Å². The summed E-state index contributed by atoms with van der Waals surface area (Å²) in [4.78, 5) is 17.3. The predicted octanol–water partition coefficient (Wildman–Crippen LogP) is 4.92. The number of nitrogens with zero attached hydrogens (tertiary/aromatic N) is 5. The van der Waals surface area contributed by atoms with Crippen molar-refractivity contribution in [3.05, 3.63) is 28.5 Å². The topological polar surface area (TPSA) is 119 Å². The molecule has 47 heavy (non-hydrogen) atoms. The number of aliphatic hydroxyl groups is 1. The van der Waals surface area contributed by atoms with E-state index >= 15 is 4.39 Å². The zero-order valence-electron chi connectivity index (χ0n) is 25.3. The lowest BCUT2D eigenvalue weighted by Gasteiger charge is -2.57. The van der Waals surface area contributed by atoms with Crippen LogP contribution in [-0.2, 0) is 10.9 Å². The molecule has 3 aromatic rings. The Bertz CT molecular complexity index is 1790. The van der Waals surface area contributed by atoms with Crippen molar-refractivity contribution in [2.75, 3.05) is 50.6 Å². The molecule has 4 aliphatic heterocycles. The largest absolute Gasteiger partial charge is 0.470 e. The Hall–Kier alpha value is -3.27. The summed E-state index contributed by atoms with van der Waals surface area (Å²) in [6.07, 6.45) is -3.99. The van der Waals surface area contributed by atoms with E-state index in [1.807, 2.05) is 9.80 Å². The monoisotopic (exact) mass is 682 g/mol. The molecule has 6 heterocycles. The summed E-state index contributed by atoms with van der Waals surface area (Å²) in [6.45, 7) is 1.65. The number of aliphatic hydroxyl groups excluding tert-OH is 1. The zero-order chi connectivity index (χ0) is 33.1. The Kier molecular flexibility index (Phi) is 6.84. The molecule has 1 saturated carbocycles. The van der Waals surface area contributed by atoms with Gasteiger partial charge in [-0.2, -0.15) is 23.1 Å². The average Bonchev–Trinajstić information content (AvgIpc) is 3.47. The number of halogens is 6. The maximum absolute atomic E-state index is 16.8. The maximum Gasteiger partial charge on any atom is 0.418 e. The van der Waals surface area contributed by atoms with Gasteiger partial charge in [-0.25, -0.2) is 13.8 Å². The van der Waals surface area contributed by atoms with Crippen molar-refractivity contribution in [3.63, 3.8) is 0 Å². The number of benzene rings is 1. The lowest BCUT2D eigenvalue weighted by molar-refractivity contribution is -0.148. The fraction of sp³-hybridized carbons (Fsp3) is 0.581. The Labute approximate surface area is 270 Å². The number of rotatable bonds is 4. The van der Waals surface area contributed by atoms with Gasteiger partial charge >= 0.3 is 12.2 Å². The Morgan fingerprint density at radius 2 is 1.94 bits per heavy atom. The second-order valence-corrected chi connectivity index (χ2v) is 14.1. The highest BCUT2D eigenvalue weighted by Gasteiger charge is 2.58. The van der Waals surface area contributed by atoms with Gasteiger partial charge in [0, 0.05) is 50.5 Å². The van der Waals surface area contributed by atoms with Crippen molar-refractivity contribution in [3.8, 4) is 23.1 Å². The summed E-state index contributed by atoms with van der Waals surface area (Å²) in [5.41, 5.74) is 0.481. The highest BCUT2D eigenvalue weighted by molar-refractivity contribution is 6.32. The summed E-state index contributed by atoms with van der Waals surface area (Å²) in [5, 5.41) is 9.65. The van der Waals surface area contributed by atoms with Crippen molar-refractivity contribution in [2.45, 2.75) is 73.7 Å². The Morgan fingerprint density at radius 1 is 1.17 bits per heavy atom. The summed E-state index contributed by atoms with van der Waals surface area (Å²) in [6, 6.07) is 1.67. The number of hydrogen-bond acceptors (Lipinski definition) is 10. The van der Waals surface area contributed by atoms with E-state index in [4.69, 9.17) is 31.5 Å². The van der Waals surface area contributed by atoms with E-state index in [-0.39, 0.29) is 60.2 Å². The second kappa shape index (κ2) is 10.4. The van der Waals surface area contributed by atoms with Crippen LogP contribution in [0.5, 0.6) is 11.9 Å². The molecule has 3 N–H and O–H groups in total. The number of nitrogens with two attached hydrogens (primary N) is 1. The molecule has 2 spiro atoms.